The SMILES string of the molecule is Cc1ccc(N2C(=O)NC(=O)/C(=C\c3ccc(Cc4cccc(F)c4)cc3)C2=O)cc1Cl. The second-order valence-electron chi connectivity index (χ2n) is 7.44. The highest BCUT2D eigenvalue weighted by Gasteiger charge is 2.36. The van der Waals surface area contributed by atoms with Crippen LogP contribution >= 0.6 is 11.6 Å². The summed E-state index contributed by atoms with van der Waals surface area (Å²) in [5.74, 6) is -1.79. The van der Waals surface area contributed by atoms with E-state index in [0.717, 1.165) is 21.6 Å². The molecule has 0 unspecified atom stereocenters. The number of hydrogen-bond donors (Lipinski definition) is 1. The number of urea groups is 1. The molecule has 1 saturated heterocycles. The number of halogens is 2. The van der Waals surface area contributed by atoms with Crippen molar-refractivity contribution in [3.05, 3.63) is 105 Å². The van der Waals surface area contributed by atoms with E-state index in [-0.39, 0.29) is 17.1 Å². The van der Waals surface area contributed by atoms with Crippen LogP contribution in [0, 0.1) is 12.7 Å². The van der Waals surface area contributed by atoms with Crippen molar-refractivity contribution in [2.24, 2.45) is 0 Å². The molecule has 5 nitrogen and oxygen atoms in total. The zero-order valence-corrected chi connectivity index (χ0v) is 17.8. The molecule has 32 heavy (non-hydrogen) atoms. The van der Waals surface area contributed by atoms with Crippen LogP contribution < -0.4 is 10.2 Å². The first-order chi connectivity index (χ1) is 15.3. The Morgan fingerprint density at radius 1 is 0.969 bits per heavy atom. The van der Waals surface area contributed by atoms with Crippen LogP contribution in [0.3, 0.4) is 0 Å². The van der Waals surface area contributed by atoms with Crippen LogP contribution in [0.4, 0.5) is 14.9 Å². The average molecular weight is 449 g/mol. The van der Waals surface area contributed by atoms with E-state index < -0.39 is 17.8 Å². The number of nitrogens with zero attached hydrogens (tertiary/aromatic N) is 1. The molecule has 0 atom stereocenters. The van der Waals surface area contributed by atoms with Crippen molar-refractivity contribution in [1.29, 1.82) is 0 Å². The van der Waals surface area contributed by atoms with Gasteiger partial charge in [-0.15, -0.1) is 0 Å². The number of barbiturate groups is 1. The van der Waals surface area contributed by atoms with Gasteiger partial charge in [0.05, 0.1) is 5.69 Å². The number of anilines is 1. The minimum absolute atomic E-state index is 0.167. The monoisotopic (exact) mass is 448 g/mol. The van der Waals surface area contributed by atoms with Gasteiger partial charge in [0.15, 0.2) is 0 Å². The van der Waals surface area contributed by atoms with E-state index in [1.807, 2.05) is 18.2 Å². The van der Waals surface area contributed by atoms with Crippen LogP contribution in [0.5, 0.6) is 0 Å². The summed E-state index contributed by atoms with van der Waals surface area (Å²) in [5, 5.41) is 2.59. The number of nitrogens with one attached hydrogen (secondary N) is 1. The van der Waals surface area contributed by atoms with Gasteiger partial charge in [-0.3, -0.25) is 14.9 Å². The fourth-order valence-corrected chi connectivity index (χ4v) is 3.57. The Bertz CT molecular complexity index is 1270. The largest absolute Gasteiger partial charge is 0.335 e. The molecule has 4 amide bonds. The van der Waals surface area contributed by atoms with Gasteiger partial charge in [0.1, 0.15) is 11.4 Å². The highest BCUT2D eigenvalue weighted by molar-refractivity contribution is 6.39. The first-order valence-electron chi connectivity index (χ1n) is 9.83. The average Bonchev–Trinajstić information content (AvgIpc) is 2.75. The second-order valence-corrected chi connectivity index (χ2v) is 7.85. The zero-order chi connectivity index (χ0) is 22.8. The molecule has 0 radical (unpaired) electrons. The zero-order valence-electron chi connectivity index (χ0n) is 17.1. The maximum Gasteiger partial charge on any atom is 0.335 e. The number of amides is 4. The minimum atomic E-state index is -0.831. The molecule has 0 aliphatic carbocycles. The molecular weight excluding hydrogens is 431 g/mol. The Labute approximate surface area is 189 Å². The summed E-state index contributed by atoms with van der Waals surface area (Å²) in [6.07, 6.45) is 1.98. The Hall–Kier alpha value is -3.77. The Morgan fingerprint density at radius 2 is 1.72 bits per heavy atom. The third-order valence-electron chi connectivity index (χ3n) is 5.10. The number of aryl methyl sites for hydroxylation is 1. The van der Waals surface area contributed by atoms with Gasteiger partial charge in [0.2, 0.25) is 0 Å². The van der Waals surface area contributed by atoms with E-state index >= 15 is 0 Å². The maximum atomic E-state index is 13.4. The van der Waals surface area contributed by atoms with E-state index in [4.69, 9.17) is 11.6 Å². The smallest absolute Gasteiger partial charge is 0.273 e. The van der Waals surface area contributed by atoms with Gasteiger partial charge in [-0.25, -0.2) is 14.1 Å². The standard InChI is InChI=1S/C25H18ClFN2O3/c1-15-5-10-20(14-22(15)26)29-24(31)21(23(30)28-25(29)32)13-17-8-6-16(7-9-17)11-18-3-2-4-19(27)12-18/h2-10,12-14H,11H2,1H3,(H,28,30,32)/b21-13+. The fraction of sp³-hybridized carbons (Fsp3) is 0.0800. The summed E-state index contributed by atoms with van der Waals surface area (Å²) < 4.78 is 13.4. The van der Waals surface area contributed by atoms with Crippen LogP contribution in [0.2, 0.25) is 5.02 Å². The summed E-state index contributed by atoms with van der Waals surface area (Å²) in [6.45, 7) is 1.80. The third-order valence-corrected chi connectivity index (χ3v) is 5.51. The van der Waals surface area contributed by atoms with Crippen LogP contribution in [0.25, 0.3) is 6.08 Å². The Morgan fingerprint density at radius 3 is 2.41 bits per heavy atom. The van der Waals surface area contributed by atoms with Crippen molar-refractivity contribution in [3.63, 3.8) is 0 Å². The number of rotatable bonds is 4. The Balaban J connectivity index is 1.59. The molecule has 0 saturated carbocycles. The summed E-state index contributed by atoms with van der Waals surface area (Å²) >= 11 is 6.13. The lowest BCUT2D eigenvalue weighted by molar-refractivity contribution is -0.122. The minimum Gasteiger partial charge on any atom is -0.273 e. The van der Waals surface area contributed by atoms with E-state index in [1.54, 1.807) is 37.3 Å². The van der Waals surface area contributed by atoms with E-state index in [0.29, 0.717) is 17.0 Å². The first kappa shape index (κ1) is 21.5. The topological polar surface area (TPSA) is 66.5 Å². The summed E-state index contributed by atoms with van der Waals surface area (Å²) in [7, 11) is 0. The summed E-state index contributed by atoms with van der Waals surface area (Å²) in [5.41, 5.74) is 3.30. The first-order valence-corrected chi connectivity index (χ1v) is 10.2. The molecule has 4 rings (SSSR count). The lowest BCUT2D eigenvalue weighted by Crippen LogP contribution is -2.54. The molecule has 3 aromatic carbocycles. The van der Waals surface area contributed by atoms with Gasteiger partial charge in [-0.1, -0.05) is 54.1 Å². The van der Waals surface area contributed by atoms with Crippen molar-refractivity contribution < 1.29 is 18.8 Å². The van der Waals surface area contributed by atoms with Crippen molar-refractivity contribution in [2.75, 3.05) is 4.90 Å². The van der Waals surface area contributed by atoms with E-state index in [9.17, 15) is 18.8 Å². The lowest BCUT2D eigenvalue weighted by Gasteiger charge is -2.26. The van der Waals surface area contributed by atoms with Crippen molar-refractivity contribution in [1.82, 2.24) is 5.32 Å². The molecule has 1 aliphatic heterocycles. The van der Waals surface area contributed by atoms with Gasteiger partial charge in [0.25, 0.3) is 11.8 Å². The molecule has 0 aromatic heterocycles. The van der Waals surface area contributed by atoms with Crippen molar-refractivity contribution in [2.45, 2.75) is 13.3 Å². The maximum absolute atomic E-state index is 13.4. The van der Waals surface area contributed by atoms with Gasteiger partial charge in [-0.2, -0.15) is 0 Å². The fourth-order valence-electron chi connectivity index (χ4n) is 3.39. The predicted octanol–water partition coefficient (Wildman–Crippen LogP) is 5.04. The predicted molar refractivity (Wildman–Crippen MR) is 121 cm³/mol. The molecular formula is C25H18ClFN2O3. The molecule has 1 aliphatic rings. The lowest BCUT2D eigenvalue weighted by atomic mass is 10.0. The highest BCUT2D eigenvalue weighted by Crippen LogP contribution is 2.26. The van der Waals surface area contributed by atoms with Crippen LogP contribution in [0.15, 0.2) is 72.3 Å². The second kappa shape index (κ2) is 8.77. The van der Waals surface area contributed by atoms with Crippen LogP contribution in [-0.4, -0.2) is 17.8 Å². The molecule has 3 aromatic rings. The molecule has 0 spiro atoms. The summed E-state index contributed by atoms with van der Waals surface area (Å²) in [4.78, 5) is 38.5. The Kier molecular flexibility index (Phi) is 5.88. The molecule has 1 fully saturated rings. The number of carbonyl (C=O) groups is 3. The number of benzene rings is 3. The molecule has 7 heteroatoms. The number of hydrogen-bond acceptors (Lipinski definition) is 3. The molecule has 160 valence electrons. The third kappa shape index (κ3) is 4.45. The van der Waals surface area contributed by atoms with Crippen molar-refractivity contribution in [3.8, 4) is 0 Å². The summed E-state index contributed by atoms with van der Waals surface area (Å²) in [6, 6.07) is 17.5. The quantitative estimate of drug-likeness (QED) is 0.449. The molecule has 1 N–H and O–H groups in total. The normalized spacial score (nSPS) is 15.3. The van der Waals surface area contributed by atoms with Gasteiger partial charge in [-0.05, 0) is 65.9 Å². The highest BCUT2D eigenvalue weighted by atomic mass is 35.5. The number of carbonyl (C=O) groups excluding carboxylic acids is 3. The van der Waals surface area contributed by atoms with Crippen molar-refractivity contribution >= 4 is 41.2 Å². The van der Waals surface area contributed by atoms with Crippen LogP contribution in [-0.2, 0) is 16.0 Å². The van der Waals surface area contributed by atoms with Gasteiger partial charge < -0.3 is 0 Å². The van der Waals surface area contributed by atoms with Gasteiger partial charge >= 0.3 is 6.03 Å². The van der Waals surface area contributed by atoms with Gasteiger partial charge in [0, 0.05) is 5.02 Å². The van der Waals surface area contributed by atoms with Crippen LogP contribution in [0.1, 0.15) is 22.3 Å². The molecule has 1 heterocycles. The number of imide groups is 2. The van der Waals surface area contributed by atoms with E-state index in [1.165, 1.54) is 24.3 Å². The molecule has 0 bridgehead atoms. The van der Waals surface area contributed by atoms with E-state index in [2.05, 4.69) is 5.32 Å².